The lowest BCUT2D eigenvalue weighted by Gasteiger charge is -2.37. The van der Waals surface area contributed by atoms with Crippen LogP contribution in [0.3, 0.4) is 0 Å². The average Bonchev–Trinajstić information content (AvgIpc) is 2.87. The Labute approximate surface area is 123 Å². The van der Waals surface area contributed by atoms with Gasteiger partial charge < -0.3 is 11.5 Å². The molecule has 21 heavy (non-hydrogen) atoms. The monoisotopic (exact) mass is 346 g/mol. The van der Waals surface area contributed by atoms with Gasteiger partial charge in [0.05, 0.1) is 0 Å². The maximum atomic E-state index is 13.5. The van der Waals surface area contributed by atoms with E-state index in [4.69, 9.17) is 11.5 Å². The molecule has 0 aliphatic heterocycles. The molecule has 0 unspecified atom stereocenters. The maximum Gasteiger partial charge on any atom is 0.411 e. The van der Waals surface area contributed by atoms with Crippen LogP contribution < -0.4 is 11.5 Å². The summed E-state index contributed by atoms with van der Waals surface area (Å²) in [5, 5.41) is 3.58. The van der Waals surface area contributed by atoms with Gasteiger partial charge in [-0.05, 0) is 10.8 Å². The van der Waals surface area contributed by atoms with Crippen molar-refractivity contribution in [2.45, 2.75) is 17.8 Å². The molecule has 0 saturated heterocycles. The van der Waals surface area contributed by atoms with Crippen molar-refractivity contribution < 1.29 is 26.3 Å². The van der Waals surface area contributed by atoms with Crippen LogP contribution in [0.1, 0.15) is 11.1 Å². The molecule has 2 aromatic rings. The van der Waals surface area contributed by atoms with Gasteiger partial charge in [-0.25, -0.2) is 0 Å². The summed E-state index contributed by atoms with van der Waals surface area (Å²) >= 11 is 1.33. The molecular formula is C11H8F6N2S2. The minimum absolute atomic E-state index is 0.569. The third-order valence-corrected chi connectivity index (χ3v) is 4.57. The van der Waals surface area contributed by atoms with Crippen molar-refractivity contribution in [1.29, 1.82) is 0 Å². The van der Waals surface area contributed by atoms with Crippen molar-refractivity contribution >= 4 is 34.0 Å². The van der Waals surface area contributed by atoms with Gasteiger partial charge in [0.25, 0.3) is 0 Å². The van der Waals surface area contributed by atoms with Crippen LogP contribution in [0, 0.1) is 0 Å². The molecule has 2 heterocycles. The lowest BCUT2D eigenvalue weighted by atomic mass is 9.74. The average molecular weight is 346 g/mol. The zero-order valence-corrected chi connectivity index (χ0v) is 11.7. The molecule has 0 aliphatic carbocycles. The molecule has 2 nitrogen and oxygen atoms in total. The molecule has 0 bridgehead atoms. The molecule has 0 saturated carbocycles. The predicted molar refractivity (Wildman–Crippen MR) is 70.4 cm³/mol. The van der Waals surface area contributed by atoms with E-state index in [0.29, 0.717) is 22.7 Å². The largest absolute Gasteiger partial charge is 0.411 e. The molecule has 0 spiro atoms. The van der Waals surface area contributed by atoms with E-state index in [2.05, 4.69) is 0 Å². The molecule has 0 fully saturated rings. The number of thiophene rings is 2. The zero-order chi connectivity index (χ0) is 16.1. The highest BCUT2D eigenvalue weighted by atomic mass is 32.1. The Morgan fingerprint density at radius 3 is 1.19 bits per heavy atom. The number of nitrogens with two attached hydrogens (primary N) is 2. The van der Waals surface area contributed by atoms with Crippen LogP contribution in [0.4, 0.5) is 37.7 Å². The first-order valence-electron chi connectivity index (χ1n) is 5.31. The fourth-order valence-electron chi connectivity index (χ4n) is 2.14. The Bertz CT molecular complexity index is 583. The van der Waals surface area contributed by atoms with E-state index in [1.807, 2.05) is 0 Å². The van der Waals surface area contributed by atoms with Crippen molar-refractivity contribution in [3.63, 3.8) is 0 Å². The van der Waals surface area contributed by atoms with E-state index in [1.54, 1.807) is 0 Å². The number of hydrogen-bond donors (Lipinski definition) is 2. The second kappa shape index (κ2) is 4.80. The van der Waals surface area contributed by atoms with Gasteiger partial charge in [-0.1, -0.05) is 0 Å². The van der Waals surface area contributed by atoms with Crippen molar-refractivity contribution in [1.82, 2.24) is 0 Å². The Balaban J connectivity index is 2.94. The fourth-order valence-corrected chi connectivity index (χ4v) is 3.72. The van der Waals surface area contributed by atoms with Crippen LogP contribution in [0.15, 0.2) is 21.5 Å². The minimum Gasteiger partial charge on any atom is -0.398 e. The summed E-state index contributed by atoms with van der Waals surface area (Å²) in [6.45, 7) is 0. The van der Waals surface area contributed by atoms with E-state index in [0.717, 1.165) is 21.5 Å². The van der Waals surface area contributed by atoms with Crippen molar-refractivity contribution in [3.05, 3.63) is 32.6 Å². The highest BCUT2D eigenvalue weighted by molar-refractivity contribution is 7.08. The van der Waals surface area contributed by atoms with Crippen molar-refractivity contribution in [3.8, 4) is 0 Å². The molecular weight excluding hydrogens is 338 g/mol. The van der Waals surface area contributed by atoms with E-state index < -0.39 is 40.3 Å². The SMILES string of the molecule is Nc1cscc1C(c1cscc1N)(C(F)(F)F)C(F)(F)F. The molecule has 116 valence electrons. The predicted octanol–water partition coefficient (Wildman–Crippen LogP) is 4.38. The third-order valence-electron chi connectivity index (χ3n) is 3.04. The summed E-state index contributed by atoms with van der Waals surface area (Å²) in [6.07, 6.45) is -11.3. The summed E-state index contributed by atoms with van der Waals surface area (Å²) in [6, 6.07) is 0. The summed E-state index contributed by atoms with van der Waals surface area (Å²) in [5.74, 6) is 0. The Hall–Kier alpha value is -1.42. The number of rotatable bonds is 2. The van der Waals surface area contributed by atoms with E-state index in [9.17, 15) is 26.3 Å². The van der Waals surface area contributed by atoms with E-state index in [1.165, 1.54) is 0 Å². The lowest BCUT2D eigenvalue weighted by Crippen LogP contribution is -2.55. The molecule has 0 aromatic carbocycles. The first kappa shape index (κ1) is 16.0. The topological polar surface area (TPSA) is 52.0 Å². The Morgan fingerprint density at radius 1 is 0.667 bits per heavy atom. The van der Waals surface area contributed by atoms with Crippen LogP contribution in [0.2, 0.25) is 0 Å². The van der Waals surface area contributed by atoms with Gasteiger partial charge in [-0.2, -0.15) is 26.3 Å². The quantitative estimate of drug-likeness (QED) is 0.793. The minimum atomic E-state index is -5.64. The first-order chi connectivity index (χ1) is 9.53. The summed E-state index contributed by atoms with van der Waals surface area (Å²) in [5.41, 5.74) is 3.24. The number of hydrogen-bond acceptors (Lipinski definition) is 4. The lowest BCUT2D eigenvalue weighted by molar-refractivity contribution is -0.288. The van der Waals surface area contributed by atoms with Crippen molar-refractivity contribution in [2.75, 3.05) is 11.5 Å². The highest BCUT2D eigenvalue weighted by Crippen LogP contribution is 2.59. The Morgan fingerprint density at radius 2 is 1.00 bits per heavy atom. The fraction of sp³-hybridized carbons (Fsp3) is 0.273. The number of anilines is 2. The Kier molecular flexibility index (Phi) is 3.65. The molecule has 2 aromatic heterocycles. The molecule has 0 atom stereocenters. The summed E-state index contributed by atoms with van der Waals surface area (Å²) < 4.78 is 81.2. The van der Waals surface area contributed by atoms with Crippen LogP contribution >= 0.6 is 22.7 Å². The van der Waals surface area contributed by atoms with Gasteiger partial charge in [0.1, 0.15) is 0 Å². The summed E-state index contributed by atoms with van der Waals surface area (Å²) in [7, 11) is 0. The smallest absolute Gasteiger partial charge is 0.398 e. The highest BCUT2D eigenvalue weighted by Gasteiger charge is 2.74. The van der Waals surface area contributed by atoms with E-state index >= 15 is 0 Å². The summed E-state index contributed by atoms with van der Waals surface area (Å²) in [4.78, 5) is 0. The van der Waals surface area contributed by atoms with Crippen LogP contribution in [0.25, 0.3) is 0 Å². The molecule has 0 radical (unpaired) electrons. The van der Waals surface area contributed by atoms with Gasteiger partial charge in [-0.15, -0.1) is 22.7 Å². The van der Waals surface area contributed by atoms with E-state index in [-0.39, 0.29) is 0 Å². The van der Waals surface area contributed by atoms with Crippen LogP contribution in [0.5, 0.6) is 0 Å². The first-order valence-corrected chi connectivity index (χ1v) is 7.19. The second-order valence-electron chi connectivity index (χ2n) is 4.23. The normalized spacial score (nSPS) is 13.6. The molecule has 0 amide bonds. The molecule has 4 N–H and O–H groups in total. The molecule has 2 rings (SSSR count). The third kappa shape index (κ3) is 2.16. The van der Waals surface area contributed by atoms with Gasteiger partial charge in [0.2, 0.25) is 5.41 Å². The van der Waals surface area contributed by atoms with Crippen LogP contribution in [-0.4, -0.2) is 12.4 Å². The standard InChI is InChI=1S/C11H8F6N2S2/c12-10(13,14)9(11(15,16)17,5-1-20-3-7(5)18)6-2-21-4-8(6)19/h1-4H,18-19H2. The number of halogens is 6. The maximum absolute atomic E-state index is 13.5. The molecule has 10 heteroatoms. The van der Waals surface area contributed by atoms with Gasteiger partial charge in [0, 0.05) is 33.3 Å². The van der Waals surface area contributed by atoms with Gasteiger partial charge in [-0.3, -0.25) is 0 Å². The van der Waals surface area contributed by atoms with Crippen molar-refractivity contribution in [2.24, 2.45) is 0 Å². The zero-order valence-electron chi connectivity index (χ0n) is 10.0. The molecule has 0 aliphatic rings. The number of nitrogen functional groups attached to an aromatic ring is 2. The number of alkyl halides is 6. The second-order valence-corrected chi connectivity index (χ2v) is 5.71. The van der Waals surface area contributed by atoms with Crippen LogP contribution in [-0.2, 0) is 5.41 Å². The van der Waals surface area contributed by atoms with Gasteiger partial charge >= 0.3 is 12.4 Å². The van der Waals surface area contributed by atoms with Gasteiger partial charge in [0.15, 0.2) is 0 Å².